The predicted molar refractivity (Wildman–Crippen MR) is 68.5 cm³/mol. The Bertz CT molecular complexity index is 410. The van der Waals surface area contributed by atoms with Crippen LogP contribution >= 0.6 is 0 Å². The zero-order chi connectivity index (χ0) is 13.7. The first-order chi connectivity index (χ1) is 8.40. The van der Waals surface area contributed by atoms with E-state index < -0.39 is 12.1 Å². The molecule has 0 spiro atoms. The van der Waals surface area contributed by atoms with Gasteiger partial charge in [0.2, 0.25) is 0 Å². The molecule has 1 rings (SSSR count). The van der Waals surface area contributed by atoms with Crippen molar-refractivity contribution in [2.75, 3.05) is 6.61 Å². The van der Waals surface area contributed by atoms with E-state index in [-0.39, 0.29) is 12.7 Å². The minimum absolute atomic E-state index is 0.151. The van der Waals surface area contributed by atoms with Gasteiger partial charge in [-0.25, -0.2) is 4.79 Å². The summed E-state index contributed by atoms with van der Waals surface area (Å²) in [7, 11) is 0. The number of carbonyl (C=O) groups excluding carboxylic acids is 1. The molecule has 0 aliphatic rings. The van der Waals surface area contributed by atoms with Gasteiger partial charge in [0.15, 0.2) is 6.61 Å². The molecule has 0 unspecified atom stereocenters. The number of esters is 1. The predicted octanol–water partition coefficient (Wildman–Crippen LogP) is 2.38. The second kappa shape index (κ2) is 6.40. The van der Waals surface area contributed by atoms with Gasteiger partial charge in [-0.05, 0) is 39.3 Å². The van der Waals surface area contributed by atoms with Gasteiger partial charge in [0.05, 0.1) is 12.2 Å². The zero-order valence-corrected chi connectivity index (χ0v) is 11.3. The highest BCUT2D eigenvalue weighted by atomic mass is 16.6. The lowest BCUT2D eigenvalue weighted by Gasteiger charge is -2.14. The van der Waals surface area contributed by atoms with E-state index in [0.717, 1.165) is 5.56 Å². The Kier molecular flexibility index (Phi) is 5.16. The van der Waals surface area contributed by atoms with E-state index in [9.17, 15) is 9.90 Å². The molecule has 0 radical (unpaired) electrons. The Morgan fingerprint density at radius 1 is 1.33 bits per heavy atom. The highest BCUT2D eigenvalue weighted by molar-refractivity contribution is 5.71. The van der Waals surface area contributed by atoms with Crippen molar-refractivity contribution in [1.82, 2.24) is 0 Å². The molecule has 0 fully saturated rings. The molecule has 0 saturated heterocycles. The van der Waals surface area contributed by atoms with Gasteiger partial charge in [-0.15, -0.1) is 0 Å². The summed E-state index contributed by atoms with van der Waals surface area (Å²) < 4.78 is 10.4. The van der Waals surface area contributed by atoms with Gasteiger partial charge >= 0.3 is 5.97 Å². The van der Waals surface area contributed by atoms with Gasteiger partial charge in [0.1, 0.15) is 5.75 Å². The summed E-state index contributed by atoms with van der Waals surface area (Å²) >= 11 is 0. The number of carbonyl (C=O) groups is 1. The molecule has 0 heterocycles. The zero-order valence-electron chi connectivity index (χ0n) is 11.3. The fourth-order valence-electron chi connectivity index (χ4n) is 1.55. The molecule has 0 aliphatic carbocycles. The van der Waals surface area contributed by atoms with Crippen molar-refractivity contribution in [3.63, 3.8) is 0 Å². The van der Waals surface area contributed by atoms with Crippen molar-refractivity contribution >= 4 is 5.97 Å². The number of hydrogen-bond donors (Lipinski definition) is 1. The molecule has 1 aromatic rings. The normalized spacial score (nSPS) is 12.3. The Morgan fingerprint density at radius 3 is 2.56 bits per heavy atom. The maximum absolute atomic E-state index is 11.4. The Hall–Kier alpha value is -1.55. The van der Waals surface area contributed by atoms with Crippen LogP contribution in [0.4, 0.5) is 0 Å². The Labute approximate surface area is 108 Å². The highest BCUT2D eigenvalue weighted by Gasteiger charge is 2.12. The summed E-state index contributed by atoms with van der Waals surface area (Å²) in [5.74, 6) is 0.105. The number of hydrogen-bond acceptors (Lipinski definition) is 4. The summed E-state index contributed by atoms with van der Waals surface area (Å²) in [4.78, 5) is 11.4. The molecule has 0 bridgehead atoms. The van der Waals surface area contributed by atoms with Gasteiger partial charge in [0.25, 0.3) is 0 Å². The Morgan fingerprint density at radius 2 is 2.00 bits per heavy atom. The molecule has 1 atom stereocenters. The average Bonchev–Trinajstić information content (AvgIpc) is 2.25. The molecule has 0 amide bonds. The maximum atomic E-state index is 11.4. The monoisotopic (exact) mass is 252 g/mol. The van der Waals surface area contributed by atoms with Crippen LogP contribution in [0.25, 0.3) is 0 Å². The third-order valence-electron chi connectivity index (χ3n) is 2.33. The standard InChI is InChI=1S/C14H20O4/c1-9(2)18-14(16)8-17-13-7-10(3)5-6-12(13)11(4)15/h5-7,9,11,15H,8H2,1-4H3/t11-/m0/s1. The van der Waals surface area contributed by atoms with Crippen LogP contribution in [-0.4, -0.2) is 23.8 Å². The van der Waals surface area contributed by atoms with E-state index in [0.29, 0.717) is 11.3 Å². The lowest BCUT2D eigenvalue weighted by molar-refractivity contribution is -0.149. The van der Waals surface area contributed by atoms with Crippen LogP contribution < -0.4 is 4.74 Å². The van der Waals surface area contributed by atoms with Crippen molar-refractivity contribution in [3.8, 4) is 5.75 Å². The van der Waals surface area contributed by atoms with Crippen molar-refractivity contribution in [3.05, 3.63) is 29.3 Å². The highest BCUT2D eigenvalue weighted by Crippen LogP contribution is 2.26. The molecule has 4 nitrogen and oxygen atoms in total. The van der Waals surface area contributed by atoms with E-state index in [4.69, 9.17) is 9.47 Å². The van der Waals surface area contributed by atoms with Crippen molar-refractivity contribution in [2.45, 2.75) is 39.9 Å². The molecule has 1 aromatic carbocycles. The van der Waals surface area contributed by atoms with E-state index >= 15 is 0 Å². The van der Waals surface area contributed by atoms with Gasteiger partial charge in [-0.2, -0.15) is 0 Å². The van der Waals surface area contributed by atoms with Crippen LogP contribution in [0, 0.1) is 6.92 Å². The van der Waals surface area contributed by atoms with E-state index in [1.807, 2.05) is 13.0 Å². The first-order valence-corrected chi connectivity index (χ1v) is 6.01. The second-order valence-electron chi connectivity index (χ2n) is 4.54. The Balaban J connectivity index is 2.71. The minimum atomic E-state index is -0.637. The quantitative estimate of drug-likeness (QED) is 0.817. The molecule has 100 valence electrons. The second-order valence-corrected chi connectivity index (χ2v) is 4.54. The van der Waals surface area contributed by atoms with Gasteiger partial charge < -0.3 is 14.6 Å². The summed E-state index contributed by atoms with van der Waals surface area (Å²) in [5, 5.41) is 9.61. The lowest BCUT2D eigenvalue weighted by Crippen LogP contribution is -2.19. The third-order valence-corrected chi connectivity index (χ3v) is 2.33. The van der Waals surface area contributed by atoms with Gasteiger partial charge in [-0.3, -0.25) is 0 Å². The van der Waals surface area contributed by atoms with Crippen LogP contribution in [0.15, 0.2) is 18.2 Å². The van der Waals surface area contributed by atoms with Gasteiger partial charge in [-0.1, -0.05) is 12.1 Å². The SMILES string of the molecule is Cc1ccc([C@H](C)O)c(OCC(=O)OC(C)C)c1. The summed E-state index contributed by atoms with van der Waals surface area (Å²) in [5.41, 5.74) is 1.67. The fraction of sp³-hybridized carbons (Fsp3) is 0.500. The molecule has 4 heteroatoms. The maximum Gasteiger partial charge on any atom is 0.344 e. The van der Waals surface area contributed by atoms with E-state index in [1.165, 1.54) is 0 Å². The van der Waals surface area contributed by atoms with Crippen molar-refractivity contribution in [1.29, 1.82) is 0 Å². The molecule has 0 aliphatic heterocycles. The minimum Gasteiger partial charge on any atom is -0.482 e. The van der Waals surface area contributed by atoms with Crippen LogP contribution in [0.5, 0.6) is 5.75 Å². The largest absolute Gasteiger partial charge is 0.482 e. The molecule has 18 heavy (non-hydrogen) atoms. The number of aryl methyl sites for hydroxylation is 1. The van der Waals surface area contributed by atoms with Crippen LogP contribution in [0.3, 0.4) is 0 Å². The summed E-state index contributed by atoms with van der Waals surface area (Å²) in [6.45, 7) is 6.99. The molecule has 0 aromatic heterocycles. The van der Waals surface area contributed by atoms with Gasteiger partial charge in [0, 0.05) is 5.56 Å². The number of rotatable bonds is 5. The first-order valence-electron chi connectivity index (χ1n) is 6.01. The topological polar surface area (TPSA) is 55.8 Å². The summed E-state index contributed by atoms with van der Waals surface area (Å²) in [6.07, 6.45) is -0.795. The van der Waals surface area contributed by atoms with Crippen molar-refractivity contribution in [2.24, 2.45) is 0 Å². The third kappa shape index (κ3) is 4.37. The number of aliphatic hydroxyl groups excluding tert-OH is 1. The molecule has 0 saturated carbocycles. The smallest absolute Gasteiger partial charge is 0.344 e. The van der Waals surface area contributed by atoms with Crippen LogP contribution in [0.2, 0.25) is 0 Å². The fourth-order valence-corrected chi connectivity index (χ4v) is 1.55. The molecule has 1 N–H and O–H groups in total. The molecular weight excluding hydrogens is 232 g/mol. The van der Waals surface area contributed by atoms with Crippen LogP contribution in [-0.2, 0) is 9.53 Å². The van der Waals surface area contributed by atoms with E-state index in [1.54, 1.807) is 32.9 Å². The lowest BCUT2D eigenvalue weighted by atomic mass is 10.1. The number of benzene rings is 1. The number of aliphatic hydroxyl groups is 1. The summed E-state index contributed by atoms with van der Waals surface area (Å²) in [6, 6.07) is 5.48. The number of ether oxygens (including phenoxy) is 2. The van der Waals surface area contributed by atoms with E-state index in [2.05, 4.69) is 0 Å². The first kappa shape index (κ1) is 14.5. The van der Waals surface area contributed by atoms with Crippen molar-refractivity contribution < 1.29 is 19.4 Å². The van der Waals surface area contributed by atoms with Crippen LogP contribution in [0.1, 0.15) is 38.0 Å². The molecular formula is C14H20O4. The average molecular weight is 252 g/mol.